The summed E-state index contributed by atoms with van der Waals surface area (Å²) in [5, 5.41) is 0. The van der Waals surface area contributed by atoms with Crippen molar-refractivity contribution in [2.45, 2.75) is 72.1 Å². The molecule has 1 heteroatoms. The van der Waals surface area contributed by atoms with Crippen LogP contribution in [0.25, 0.3) is 11.1 Å². The number of allylic oxidation sites excluding steroid dienone is 2. The second kappa shape index (κ2) is 11.6. The molecule has 0 aliphatic carbocycles. The fourth-order valence-electron chi connectivity index (χ4n) is 3.09. The maximum atomic E-state index is 5.92. The summed E-state index contributed by atoms with van der Waals surface area (Å²) in [6.45, 7) is 6.52. The van der Waals surface area contributed by atoms with E-state index in [2.05, 4.69) is 68.5 Å². The average Bonchev–Trinajstić information content (AvgIpc) is 2.67. The van der Waals surface area contributed by atoms with Crippen molar-refractivity contribution in [3.8, 4) is 16.9 Å². The first kappa shape index (κ1) is 20.3. The molecule has 26 heavy (non-hydrogen) atoms. The van der Waals surface area contributed by atoms with Crippen LogP contribution >= 0.6 is 0 Å². The standard InChI is InChI=1S/C25H34O/c1-4-6-8-10-11-21(3)26-25-19-17-24(18-20-25)23-15-13-22(14-16-23)12-9-7-5-2/h11,13-20H,4-10,12H2,1-3H3/b21-11-. The Kier molecular flexibility index (Phi) is 9.03. The molecular formula is C25H34O. The van der Waals surface area contributed by atoms with Crippen LogP contribution in [0.4, 0.5) is 0 Å². The lowest BCUT2D eigenvalue weighted by Gasteiger charge is -2.08. The highest BCUT2D eigenvalue weighted by molar-refractivity contribution is 5.64. The van der Waals surface area contributed by atoms with Crippen molar-refractivity contribution in [1.82, 2.24) is 0 Å². The molecule has 1 nitrogen and oxygen atoms in total. The Hall–Kier alpha value is -2.02. The van der Waals surface area contributed by atoms with Gasteiger partial charge in [0, 0.05) is 0 Å². The highest BCUT2D eigenvalue weighted by atomic mass is 16.5. The highest BCUT2D eigenvalue weighted by Gasteiger charge is 2.01. The first-order chi connectivity index (χ1) is 12.7. The Balaban J connectivity index is 1.90. The third-order valence-corrected chi connectivity index (χ3v) is 4.73. The summed E-state index contributed by atoms with van der Waals surface area (Å²) in [6, 6.07) is 17.4. The van der Waals surface area contributed by atoms with Gasteiger partial charge in [0.2, 0.25) is 0 Å². The molecule has 2 aromatic rings. The second-order valence-corrected chi connectivity index (χ2v) is 7.09. The predicted octanol–water partition coefficient (Wildman–Crippen LogP) is 7.95. The Morgan fingerprint density at radius 1 is 0.769 bits per heavy atom. The minimum absolute atomic E-state index is 0.911. The van der Waals surface area contributed by atoms with E-state index in [4.69, 9.17) is 4.74 Å². The van der Waals surface area contributed by atoms with Crippen molar-refractivity contribution < 1.29 is 4.74 Å². The molecule has 0 N–H and O–H groups in total. The van der Waals surface area contributed by atoms with Gasteiger partial charge in [0.05, 0.1) is 5.76 Å². The zero-order valence-electron chi connectivity index (χ0n) is 16.8. The fraction of sp³-hybridized carbons (Fsp3) is 0.440. The van der Waals surface area contributed by atoms with Gasteiger partial charge in [-0.3, -0.25) is 0 Å². The van der Waals surface area contributed by atoms with Crippen LogP contribution in [0, 0.1) is 0 Å². The lowest BCUT2D eigenvalue weighted by atomic mass is 10.0. The molecule has 0 radical (unpaired) electrons. The quantitative estimate of drug-likeness (QED) is 0.295. The lowest BCUT2D eigenvalue weighted by Crippen LogP contribution is -1.91. The molecule has 0 aromatic heterocycles. The van der Waals surface area contributed by atoms with Gasteiger partial charge in [-0.2, -0.15) is 0 Å². The van der Waals surface area contributed by atoms with Crippen LogP contribution in [0.2, 0.25) is 0 Å². The van der Waals surface area contributed by atoms with E-state index in [1.54, 1.807) is 0 Å². The molecule has 2 rings (SSSR count). The SMILES string of the molecule is CCCCC/C=C(/C)Oc1ccc(-c2ccc(CCCCC)cc2)cc1. The number of ether oxygens (including phenoxy) is 1. The van der Waals surface area contributed by atoms with Crippen molar-refractivity contribution in [3.63, 3.8) is 0 Å². The largest absolute Gasteiger partial charge is 0.462 e. The van der Waals surface area contributed by atoms with Crippen LogP contribution in [-0.2, 0) is 6.42 Å². The molecule has 0 aliphatic heterocycles. The van der Waals surface area contributed by atoms with E-state index in [1.807, 2.05) is 6.92 Å². The van der Waals surface area contributed by atoms with Gasteiger partial charge in [0.25, 0.3) is 0 Å². The molecule has 0 unspecified atom stereocenters. The molecule has 0 saturated heterocycles. The van der Waals surface area contributed by atoms with Gasteiger partial charge in [-0.05, 0) is 67.5 Å². The topological polar surface area (TPSA) is 9.23 Å². The fourth-order valence-corrected chi connectivity index (χ4v) is 3.09. The first-order valence-corrected chi connectivity index (χ1v) is 10.3. The molecule has 0 spiro atoms. The predicted molar refractivity (Wildman–Crippen MR) is 114 cm³/mol. The number of unbranched alkanes of at least 4 members (excludes halogenated alkanes) is 5. The highest BCUT2D eigenvalue weighted by Crippen LogP contribution is 2.24. The smallest absolute Gasteiger partial charge is 0.126 e. The third kappa shape index (κ3) is 7.07. The summed E-state index contributed by atoms with van der Waals surface area (Å²) < 4.78 is 5.92. The van der Waals surface area contributed by atoms with E-state index in [9.17, 15) is 0 Å². The molecule has 140 valence electrons. The summed E-state index contributed by atoms with van der Waals surface area (Å²) in [5.74, 6) is 1.90. The van der Waals surface area contributed by atoms with Gasteiger partial charge >= 0.3 is 0 Å². The number of hydrogen-bond donors (Lipinski definition) is 0. The van der Waals surface area contributed by atoms with Crippen LogP contribution < -0.4 is 4.74 Å². The summed E-state index contributed by atoms with van der Waals surface area (Å²) in [5.41, 5.74) is 3.94. The number of aryl methyl sites for hydroxylation is 1. The second-order valence-electron chi connectivity index (χ2n) is 7.09. The van der Waals surface area contributed by atoms with Gasteiger partial charge in [-0.25, -0.2) is 0 Å². The molecule has 2 aromatic carbocycles. The minimum atomic E-state index is 0.911. The maximum Gasteiger partial charge on any atom is 0.126 e. The van der Waals surface area contributed by atoms with E-state index >= 15 is 0 Å². The summed E-state index contributed by atoms with van der Waals surface area (Å²) >= 11 is 0. The Morgan fingerprint density at radius 3 is 1.96 bits per heavy atom. The van der Waals surface area contributed by atoms with E-state index in [0.717, 1.165) is 17.9 Å². The molecule has 0 fully saturated rings. The third-order valence-electron chi connectivity index (χ3n) is 4.73. The zero-order chi connectivity index (χ0) is 18.6. The molecular weight excluding hydrogens is 316 g/mol. The zero-order valence-corrected chi connectivity index (χ0v) is 16.8. The monoisotopic (exact) mass is 350 g/mol. The average molecular weight is 351 g/mol. The Morgan fingerprint density at radius 2 is 1.35 bits per heavy atom. The summed E-state index contributed by atoms with van der Waals surface area (Å²) in [7, 11) is 0. The normalized spacial score (nSPS) is 11.6. The maximum absolute atomic E-state index is 5.92. The van der Waals surface area contributed by atoms with Crippen LogP contribution in [0.15, 0.2) is 60.4 Å². The van der Waals surface area contributed by atoms with Crippen LogP contribution in [0.1, 0.15) is 71.3 Å². The Bertz CT molecular complexity index is 650. The van der Waals surface area contributed by atoms with E-state index in [-0.39, 0.29) is 0 Å². The minimum Gasteiger partial charge on any atom is -0.462 e. The van der Waals surface area contributed by atoms with E-state index < -0.39 is 0 Å². The van der Waals surface area contributed by atoms with Gasteiger partial charge in [0.1, 0.15) is 5.75 Å². The van der Waals surface area contributed by atoms with Gasteiger partial charge in [0.15, 0.2) is 0 Å². The van der Waals surface area contributed by atoms with Crippen molar-refractivity contribution >= 4 is 0 Å². The molecule has 0 atom stereocenters. The van der Waals surface area contributed by atoms with Crippen molar-refractivity contribution in [3.05, 3.63) is 65.9 Å². The summed E-state index contributed by atoms with van der Waals surface area (Å²) in [4.78, 5) is 0. The molecule has 0 aliphatic rings. The van der Waals surface area contributed by atoms with E-state index in [0.29, 0.717) is 0 Å². The van der Waals surface area contributed by atoms with Crippen LogP contribution in [0.5, 0.6) is 5.75 Å². The van der Waals surface area contributed by atoms with Gasteiger partial charge in [-0.15, -0.1) is 0 Å². The molecule has 0 saturated carbocycles. The first-order valence-electron chi connectivity index (χ1n) is 10.3. The molecule has 0 amide bonds. The number of rotatable bonds is 11. The van der Waals surface area contributed by atoms with Gasteiger partial charge in [-0.1, -0.05) is 75.9 Å². The van der Waals surface area contributed by atoms with Crippen LogP contribution in [0.3, 0.4) is 0 Å². The Labute approximate surface area is 160 Å². The summed E-state index contributed by atoms with van der Waals surface area (Å²) in [6.07, 6.45) is 12.1. The van der Waals surface area contributed by atoms with Crippen LogP contribution in [-0.4, -0.2) is 0 Å². The van der Waals surface area contributed by atoms with Crippen molar-refractivity contribution in [1.29, 1.82) is 0 Å². The molecule has 0 bridgehead atoms. The van der Waals surface area contributed by atoms with Crippen molar-refractivity contribution in [2.75, 3.05) is 0 Å². The number of hydrogen-bond acceptors (Lipinski definition) is 1. The molecule has 0 heterocycles. The lowest BCUT2D eigenvalue weighted by molar-refractivity contribution is 0.424. The van der Waals surface area contributed by atoms with E-state index in [1.165, 1.54) is 61.6 Å². The number of benzene rings is 2. The van der Waals surface area contributed by atoms with Gasteiger partial charge < -0.3 is 4.74 Å². The van der Waals surface area contributed by atoms with Crippen molar-refractivity contribution in [2.24, 2.45) is 0 Å².